The Morgan fingerprint density at radius 2 is 1.75 bits per heavy atom. The van der Waals surface area contributed by atoms with E-state index in [4.69, 9.17) is 0 Å². The predicted octanol–water partition coefficient (Wildman–Crippen LogP) is 2.68. The molecule has 0 atom stereocenters. The topological polar surface area (TPSA) is 66.5 Å². The van der Waals surface area contributed by atoms with Gasteiger partial charge in [0.2, 0.25) is 15.9 Å². The molecule has 0 radical (unpaired) electrons. The van der Waals surface area contributed by atoms with E-state index < -0.39 is 10.0 Å². The minimum absolute atomic E-state index is 0.0258. The maximum Gasteiger partial charge on any atom is 0.221 e. The summed E-state index contributed by atoms with van der Waals surface area (Å²) in [7, 11) is -1.87. The van der Waals surface area contributed by atoms with Gasteiger partial charge in [-0.15, -0.1) is 0 Å². The van der Waals surface area contributed by atoms with Gasteiger partial charge in [-0.3, -0.25) is 4.79 Å². The molecule has 1 N–H and O–H groups in total. The minimum Gasteiger partial charge on any atom is -0.353 e. The van der Waals surface area contributed by atoms with Crippen LogP contribution in [0.2, 0.25) is 0 Å². The number of nitrogens with zero attached hydrogens (tertiary/aromatic N) is 1. The average Bonchev–Trinajstić information content (AvgIpc) is 2.82. The van der Waals surface area contributed by atoms with Crippen LogP contribution in [-0.4, -0.2) is 37.5 Å². The fourth-order valence-corrected chi connectivity index (χ4v) is 4.14. The number of sulfonamides is 1. The standard InChI is InChI=1S/C18H28N2O3S/c1-20(15-16-9-5-4-6-10-16)24(22,23)14-13-18(21)19-17-11-7-2-3-8-12-17/h4-6,9-10,17H,2-3,7-8,11-15H2,1H3,(H,19,21). The third-order valence-electron chi connectivity index (χ3n) is 4.53. The molecule has 0 aliphatic heterocycles. The summed E-state index contributed by atoms with van der Waals surface area (Å²) >= 11 is 0. The van der Waals surface area contributed by atoms with Crippen LogP contribution >= 0.6 is 0 Å². The van der Waals surface area contributed by atoms with Crippen molar-refractivity contribution in [3.63, 3.8) is 0 Å². The SMILES string of the molecule is CN(Cc1ccccc1)S(=O)(=O)CCC(=O)NC1CCCCCC1. The van der Waals surface area contributed by atoms with Crippen molar-refractivity contribution in [1.29, 1.82) is 0 Å². The Morgan fingerprint density at radius 1 is 1.12 bits per heavy atom. The lowest BCUT2D eigenvalue weighted by Gasteiger charge is -2.19. The van der Waals surface area contributed by atoms with Gasteiger partial charge >= 0.3 is 0 Å². The molecule has 2 rings (SSSR count). The first kappa shape index (κ1) is 18.9. The number of hydrogen-bond donors (Lipinski definition) is 1. The molecule has 0 spiro atoms. The zero-order chi connectivity index (χ0) is 17.4. The van der Waals surface area contributed by atoms with E-state index in [0.717, 1.165) is 31.2 Å². The molecule has 0 aromatic heterocycles. The maximum atomic E-state index is 12.3. The van der Waals surface area contributed by atoms with Crippen LogP contribution in [0.15, 0.2) is 30.3 Å². The summed E-state index contributed by atoms with van der Waals surface area (Å²) in [6.45, 7) is 0.327. The highest BCUT2D eigenvalue weighted by Gasteiger charge is 2.21. The number of benzene rings is 1. The van der Waals surface area contributed by atoms with Crippen LogP contribution in [0.5, 0.6) is 0 Å². The molecule has 5 nitrogen and oxygen atoms in total. The van der Waals surface area contributed by atoms with Gasteiger partial charge in [0.05, 0.1) is 5.75 Å². The van der Waals surface area contributed by atoms with Crippen molar-refractivity contribution in [2.24, 2.45) is 0 Å². The quantitative estimate of drug-likeness (QED) is 0.767. The summed E-state index contributed by atoms with van der Waals surface area (Å²) in [6, 6.07) is 9.67. The van der Waals surface area contributed by atoms with Crippen LogP contribution in [0.3, 0.4) is 0 Å². The van der Waals surface area contributed by atoms with Gasteiger partial charge in [0, 0.05) is 26.1 Å². The lowest BCUT2D eigenvalue weighted by molar-refractivity contribution is -0.121. The molecule has 1 aromatic carbocycles. The van der Waals surface area contributed by atoms with E-state index in [0.29, 0.717) is 6.54 Å². The third kappa shape index (κ3) is 6.24. The second-order valence-corrected chi connectivity index (χ2v) is 8.76. The molecule has 24 heavy (non-hydrogen) atoms. The molecule has 1 aliphatic carbocycles. The van der Waals surface area contributed by atoms with Crippen molar-refractivity contribution in [3.8, 4) is 0 Å². The Balaban J connectivity index is 1.79. The molecule has 0 bridgehead atoms. The molecule has 0 heterocycles. The van der Waals surface area contributed by atoms with E-state index in [-0.39, 0.29) is 24.1 Å². The van der Waals surface area contributed by atoms with E-state index in [1.165, 1.54) is 17.1 Å². The van der Waals surface area contributed by atoms with Gasteiger partial charge in [-0.1, -0.05) is 56.0 Å². The van der Waals surface area contributed by atoms with Crippen molar-refractivity contribution in [3.05, 3.63) is 35.9 Å². The van der Waals surface area contributed by atoms with Crippen molar-refractivity contribution in [2.75, 3.05) is 12.8 Å². The van der Waals surface area contributed by atoms with Crippen LogP contribution < -0.4 is 5.32 Å². The van der Waals surface area contributed by atoms with Gasteiger partial charge in [0.25, 0.3) is 0 Å². The number of amides is 1. The van der Waals surface area contributed by atoms with Crippen LogP contribution in [0.1, 0.15) is 50.5 Å². The summed E-state index contributed by atoms with van der Waals surface area (Å²) in [6.07, 6.45) is 6.78. The Morgan fingerprint density at radius 3 is 2.38 bits per heavy atom. The van der Waals surface area contributed by atoms with E-state index in [9.17, 15) is 13.2 Å². The van der Waals surface area contributed by atoms with Gasteiger partial charge in [-0.05, 0) is 18.4 Å². The monoisotopic (exact) mass is 352 g/mol. The number of rotatable bonds is 7. The Bertz CT molecular complexity index is 608. The van der Waals surface area contributed by atoms with Gasteiger partial charge in [0.15, 0.2) is 0 Å². The van der Waals surface area contributed by atoms with Crippen LogP contribution in [-0.2, 0) is 21.4 Å². The number of carbonyl (C=O) groups excluding carboxylic acids is 1. The first-order chi connectivity index (χ1) is 11.5. The summed E-state index contributed by atoms with van der Waals surface area (Å²) in [5, 5.41) is 3.00. The molecular weight excluding hydrogens is 324 g/mol. The maximum absolute atomic E-state index is 12.3. The number of nitrogens with one attached hydrogen (secondary N) is 1. The lowest BCUT2D eigenvalue weighted by Crippen LogP contribution is -2.37. The molecule has 134 valence electrons. The van der Waals surface area contributed by atoms with Crippen molar-refractivity contribution < 1.29 is 13.2 Å². The summed E-state index contributed by atoms with van der Waals surface area (Å²) in [4.78, 5) is 12.1. The first-order valence-electron chi connectivity index (χ1n) is 8.75. The van der Waals surface area contributed by atoms with Crippen LogP contribution in [0.4, 0.5) is 0 Å². The molecular formula is C18H28N2O3S. The summed E-state index contributed by atoms with van der Waals surface area (Å²) in [5.74, 6) is -0.298. The summed E-state index contributed by atoms with van der Waals surface area (Å²) < 4.78 is 26.0. The fourth-order valence-electron chi connectivity index (χ4n) is 3.04. The molecule has 1 saturated carbocycles. The average molecular weight is 353 g/mol. The smallest absolute Gasteiger partial charge is 0.221 e. The van der Waals surface area contributed by atoms with E-state index in [1.54, 1.807) is 7.05 Å². The molecule has 0 unspecified atom stereocenters. The highest BCUT2D eigenvalue weighted by molar-refractivity contribution is 7.89. The first-order valence-corrected chi connectivity index (χ1v) is 10.4. The molecule has 0 saturated heterocycles. The zero-order valence-corrected chi connectivity index (χ0v) is 15.2. The van der Waals surface area contributed by atoms with Crippen molar-refractivity contribution in [1.82, 2.24) is 9.62 Å². The molecule has 1 aliphatic rings. The Hall–Kier alpha value is -1.40. The van der Waals surface area contributed by atoms with Gasteiger partial charge in [0.1, 0.15) is 0 Å². The second-order valence-electron chi connectivity index (χ2n) is 6.56. The fraction of sp³-hybridized carbons (Fsp3) is 0.611. The van der Waals surface area contributed by atoms with Gasteiger partial charge < -0.3 is 5.32 Å². The van der Waals surface area contributed by atoms with Crippen LogP contribution in [0, 0.1) is 0 Å². The van der Waals surface area contributed by atoms with Crippen LogP contribution in [0.25, 0.3) is 0 Å². The Labute approximate surface area is 145 Å². The normalized spacial score (nSPS) is 16.8. The highest BCUT2D eigenvalue weighted by atomic mass is 32.2. The highest BCUT2D eigenvalue weighted by Crippen LogP contribution is 2.17. The second kappa shape index (κ2) is 9.18. The van der Waals surface area contributed by atoms with E-state index in [1.807, 2.05) is 30.3 Å². The largest absolute Gasteiger partial charge is 0.353 e. The minimum atomic E-state index is -3.43. The predicted molar refractivity (Wildman–Crippen MR) is 95.9 cm³/mol. The third-order valence-corrected chi connectivity index (χ3v) is 6.33. The van der Waals surface area contributed by atoms with Crippen molar-refractivity contribution in [2.45, 2.75) is 57.5 Å². The number of carbonyl (C=O) groups is 1. The van der Waals surface area contributed by atoms with E-state index >= 15 is 0 Å². The van der Waals surface area contributed by atoms with Gasteiger partial charge in [-0.25, -0.2) is 12.7 Å². The Kier molecular flexibility index (Phi) is 7.24. The lowest BCUT2D eigenvalue weighted by atomic mass is 10.1. The molecule has 1 fully saturated rings. The number of hydrogen-bond acceptors (Lipinski definition) is 3. The summed E-state index contributed by atoms with van der Waals surface area (Å²) in [5.41, 5.74) is 0.937. The van der Waals surface area contributed by atoms with E-state index in [2.05, 4.69) is 5.32 Å². The van der Waals surface area contributed by atoms with Crippen molar-refractivity contribution >= 4 is 15.9 Å². The molecule has 1 amide bonds. The molecule has 1 aromatic rings. The zero-order valence-electron chi connectivity index (χ0n) is 14.4. The molecule has 6 heteroatoms. The van der Waals surface area contributed by atoms with Gasteiger partial charge in [-0.2, -0.15) is 0 Å².